The SMILES string of the molecule is C=CC(=O)OCCCO[PH](=O)O.CCCC. The molecule has 1 unspecified atom stereocenters. The molecule has 0 spiro atoms. The molecule has 0 heterocycles. The topological polar surface area (TPSA) is 72.8 Å². The first kappa shape index (κ1) is 17.7. The van der Waals surface area contributed by atoms with E-state index in [1.165, 1.54) is 12.8 Å². The third-order valence-electron chi connectivity index (χ3n) is 1.43. The van der Waals surface area contributed by atoms with Gasteiger partial charge in [-0.2, -0.15) is 0 Å². The van der Waals surface area contributed by atoms with Gasteiger partial charge in [0.2, 0.25) is 0 Å². The van der Waals surface area contributed by atoms with Gasteiger partial charge < -0.3 is 14.2 Å². The van der Waals surface area contributed by atoms with Gasteiger partial charge in [-0.05, 0) is 0 Å². The number of hydrogen-bond acceptors (Lipinski definition) is 4. The Morgan fingerprint density at radius 2 is 1.94 bits per heavy atom. The summed E-state index contributed by atoms with van der Waals surface area (Å²) in [6.07, 6.45) is 4.09. The zero-order valence-corrected chi connectivity index (χ0v) is 10.9. The van der Waals surface area contributed by atoms with Crippen LogP contribution < -0.4 is 0 Å². The van der Waals surface area contributed by atoms with Crippen molar-refractivity contribution in [2.75, 3.05) is 13.2 Å². The van der Waals surface area contributed by atoms with Crippen molar-refractivity contribution in [3.05, 3.63) is 12.7 Å². The van der Waals surface area contributed by atoms with Crippen LogP contribution in [0.4, 0.5) is 0 Å². The van der Waals surface area contributed by atoms with E-state index in [-0.39, 0.29) is 13.2 Å². The predicted molar refractivity (Wildman–Crippen MR) is 63.5 cm³/mol. The van der Waals surface area contributed by atoms with Crippen LogP contribution in [-0.4, -0.2) is 24.1 Å². The van der Waals surface area contributed by atoms with E-state index in [0.29, 0.717) is 6.42 Å². The lowest BCUT2D eigenvalue weighted by atomic mass is 10.4. The maximum atomic E-state index is 10.4. The molecule has 0 rings (SSSR count). The molecule has 1 N–H and O–H groups in total. The van der Waals surface area contributed by atoms with Crippen LogP contribution in [0.3, 0.4) is 0 Å². The van der Waals surface area contributed by atoms with Crippen molar-refractivity contribution in [3.8, 4) is 0 Å². The Labute approximate surface area is 97.4 Å². The summed E-state index contributed by atoms with van der Waals surface area (Å²) in [6, 6.07) is 0. The lowest BCUT2D eigenvalue weighted by Gasteiger charge is -2.00. The highest BCUT2D eigenvalue weighted by Gasteiger charge is 1.96. The van der Waals surface area contributed by atoms with E-state index < -0.39 is 14.2 Å². The highest BCUT2D eigenvalue weighted by molar-refractivity contribution is 7.32. The Balaban J connectivity index is 0. The van der Waals surface area contributed by atoms with Crippen LogP contribution in [0.1, 0.15) is 33.1 Å². The summed E-state index contributed by atoms with van der Waals surface area (Å²) < 4.78 is 18.9. The van der Waals surface area contributed by atoms with E-state index >= 15 is 0 Å². The van der Waals surface area contributed by atoms with Gasteiger partial charge in [0, 0.05) is 12.5 Å². The van der Waals surface area contributed by atoms with Crippen molar-refractivity contribution < 1.29 is 23.5 Å². The Hall–Kier alpha value is -0.640. The van der Waals surface area contributed by atoms with Gasteiger partial charge in [-0.15, -0.1) is 0 Å². The molecule has 0 aromatic carbocycles. The van der Waals surface area contributed by atoms with Gasteiger partial charge in [-0.1, -0.05) is 33.3 Å². The van der Waals surface area contributed by atoms with Gasteiger partial charge in [-0.3, -0.25) is 4.57 Å². The van der Waals surface area contributed by atoms with Crippen LogP contribution in [0.2, 0.25) is 0 Å². The van der Waals surface area contributed by atoms with E-state index in [0.717, 1.165) is 6.08 Å². The molecule has 1 atom stereocenters. The van der Waals surface area contributed by atoms with E-state index in [2.05, 4.69) is 29.7 Å². The first-order valence-electron chi connectivity index (χ1n) is 5.23. The second-order valence-corrected chi connectivity index (χ2v) is 3.66. The van der Waals surface area contributed by atoms with Gasteiger partial charge in [-0.25, -0.2) is 4.79 Å². The molecule has 0 aromatic heterocycles. The minimum absolute atomic E-state index is 0.110. The fourth-order valence-corrected chi connectivity index (χ4v) is 0.769. The van der Waals surface area contributed by atoms with E-state index in [9.17, 15) is 9.36 Å². The van der Waals surface area contributed by atoms with E-state index in [1.807, 2.05) is 0 Å². The van der Waals surface area contributed by atoms with Crippen LogP contribution in [-0.2, 0) is 18.6 Å². The summed E-state index contributed by atoms with van der Waals surface area (Å²) in [5, 5.41) is 0. The van der Waals surface area contributed by atoms with Crippen molar-refractivity contribution in [1.82, 2.24) is 0 Å². The minimum Gasteiger partial charge on any atom is -0.462 e. The number of unbranched alkanes of at least 4 members (excludes halogenated alkanes) is 1. The molecule has 16 heavy (non-hydrogen) atoms. The molecule has 0 saturated carbocycles. The molecule has 96 valence electrons. The largest absolute Gasteiger partial charge is 0.462 e. The van der Waals surface area contributed by atoms with Crippen LogP contribution in [0.25, 0.3) is 0 Å². The van der Waals surface area contributed by atoms with Crippen LogP contribution >= 0.6 is 8.25 Å². The fraction of sp³-hybridized carbons (Fsp3) is 0.700. The minimum atomic E-state index is -2.85. The Bertz CT molecular complexity index is 203. The van der Waals surface area contributed by atoms with E-state index in [4.69, 9.17) is 4.89 Å². The average Bonchev–Trinajstić information content (AvgIpc) is 2.28. The zero-order chi connectivity index (χ0) is 12.8. The smallest absolute Gasteiger partial charge is 0.330 e. The number of carbonyl (C=O) groups is 1. The fourth-order valence-electron chi connectivity index (χ4n) is 0.450. The van der Waals surface area contributed by atoms with Gasteiger partial charge in [0.15, 0.2) is 0 Å². The number of esters is 1. The first-order valence-corrected chi connectivity index (χ1v) is 6.49. The maximum Gasteiger partial charge on any atom is 0.330 e. The molecule has 0 aliphatic rings. The highest BCUT2D eigenvalue weighted by Crippen LogP contribution is 2.13. The molecule has 0 saturated heterocycles. The molecular formula is C10H21O5P. The molecule has 0 aliphatic carbocycles. The first-order chi connectivity index (χ1) is 7.58. The number of rotatable bonds is 7. The third kappa shape index (κ3) is 19.0. The van der Waals surface area contributed by atoms with Gasteiger partial charge >= 0.3 is 14.2 Å². The van der Waals surface area contributed by atoms with E-state index in [1.54, 1.807) is 0 Å². The van der Waals surface area contributed by atoms with Crippen molar-refractivity contribution in [3.63, 3.8) is 0 Å². The lowest BCUT2D eigenvalue weighted by molar-refractivity contribution is -0.137. The highest BCUT2D eigenvalue weighted by atomic mass is 31.1. The molecule has 0 radical (unpaired) electrons. The summed E-state index contributed by atoms with van der Waals surface area (Å²) in [4.78, 5) is 18.6. The molecule has 5 nitrogen and oxygen atoms in total. The second-order valence-electron chi connectivity index (χ2n) is 2.84. The number of hydrogen-bond donors (Lipinski definition) is 1. The van der Waals surface area contributed by atoms with Crippen molar-refractivity contribution in [2.24, 2.45) is 0 Å². The van der Waals surface area contributed by atoms with Gasteiger partial charge in [0.05, 0.1) is 13.2 Å². The second kappa shape index (κ2) is 14.4. The summed E-state index contributed by atoms with van der Waals surface area (Å²) in [5.41, 5.74) is 0. The van der Waals surface area contributed by atoms with Crippen molar-refractivity contribution in [1.29, 1.82) is 0 Å². The normalized spacial score (nSPS) is 10.9. The van der Waals surface area contributed by atoms with Gasteiger partial charge in [0.25, 0.3) is 0 Å². The Morgan fingerprint density at radius 3 is 2.31 bits per heavy atom. The predicted octanol–water partition coefficient (Wildman–Crippen LogP) is 2.31. The van der Waals surface area contributed by atoms with Crippen LogP contribution in [0.5, 0.6) is 0 Å². The maximum absolute atomic E-state index is 10.4. The molecular weight excluding hydrogens is 231 g/mol. The quantitative estimate of drug-likeness (QED) is 0.326. The average molecular weight is 252 g/mol. The standard InChI is InChI=1S/C6H11O5P.C4H10/c1-2-6(7)10-4-3-5-11-12(8)9;1-3-4-2/h2,12H,1,3-5H2,(H,8,9);3-4H2,1-2H3. The zero-order valence-electron chi connectivity index (χ0n) is 9.90. The van der Waals surface area contributed by atoms with Crippen LogP contribution in [0, 0.1) is 0 Å². The molecule has 0 amide bonds. The summed E-state index contributed by atoms with van der Waals surface area (Å²) in [6.45, 7) is 7.83. The Kier molecular flexibility index (Phi) is 15.9. The summed E-state index contributed by atoms with van der Waals surface area (Å²) in [5.74, 6) is -0.508. The molecule has 0 aliphatic heterocycles. The number of carbonyl (C=O) groups excluding carboxylic acids is 1. The number of ether oxygens (including phenoxy) is 1. The molecule has 0 aromatic rings. The monoisotopic (exact) mass is 252 g/mol. The summed E-state index contributed by atoms with van der Waals surface area (Å²) in [7, 11) is -2.85. The third-order valence-corrected chi connectivity index (χ3v) is 1.88. The van der Waals surface area contributed by atoms with Gasteiger partial charge in [0.1, 0.15) is 0 Å². The molecule has 0 fully saturated rings. The molecule has 6 heteroatoms. The van der Waals surface area contributed by atoms with Crippen molar-refractivity contribution in [2.45, 2.75) is 33.1 Å². The summed E-state index contributed by atoms with van der Waals surface area (Å²) >= 11 is 0. The molecule has 0 bridgehead atoms. The lowest BCUT2D eigenvalue weighted by Crippen LogP contribution is -2.03. The Morgan fingerprint density at radius 1 is 1.38 bits per heavy atom. The van der Waals surface area contributed by atoms with Crippen molar-refractivity contribution >= 4 is 14.2 Å². The van der Waals surface area contributed by atoms with Crippen LogP contribution in [0.15, 0.2) is 12.7 Å².